The van der Waals surface area contributed by atoms with Crippen LogP contribution in [0.5, 0.6) is 0 Å². The zero-order valence-corrected chi connectivity index (χ0v) is 18.0. The molecule has 0 aromatic heterocycles. The summed E-state index contributed by atoms with van der Waals surface area (Å²) in [6.07, 6.45) is 0.362. The summed E-state index contributed by atoms with van der Waals surface area (Å²) in [7, 11) is 0. The van der Waals surface area contributed by atoms with Crippen LogP contribution in [0.25, 0.3) is 0 Å². The Labute approximate surface area is 178 Å². The number of esters is 1. The van der Waals surface area contributed by atoms with E-state index >= 15 is 0 Å². The number of hydrogen-bond acceptors (Lipinski definition) is 5. The Morgan fingerprint density at radius 2 is 1.50 bits per heavy atom. The van der Waals surface area contributed by atoms with Crippen molar-refractivity contribution in [3.63, 3.8) is 0 Å². The number of hydrogen-bond donors (Lipinski definition) is 2. The first-order chi connectivity index (χ1) is 14.2. The Kier molecular flexibility index (Phi) is 8.30. The van der Waals surface area contributed by atoms with E-state index in [2.05, 4.69) is 10.6 Å². The second-order valence-electron chi connectivity index (χ2n) is 8.18. The maximum absolute atomic E-state index is 12.9. The van der Waals surface area contributed by atoms with Crippen molar-refractivity contribution in [2.24, 2.45) is 0 Å². The van der Waals surface area contributed by atoms with Gasteiger partial charge in [-0.05, 0) is 51.8 Å². The molecule has 0 saturated heterocycles. The molecule has 0 aliphatic heterocycles. The smallest absolute Gasteiger partial charge is 0.323 e. The maximum Gasteiger partial charge on any atom is 0.323 e. The van der Waals surface area contributed by atoms with Gasteiger partial charge in [-0.15, -0.1) is 0 Å². The third-order valence-electron chi connectivity index (χ3n) is 4.36. The molecule has 0 heterocycles. The van der Waals surface area contributed by atoms with Crippen LogP contribution >= 0.6 is 0 Å². The van der Waals surface area contributed by atoms with Gasteiger partial charge in [0.25, 0.3) is 5.91 Å². The average Bonchev–Trinajstić information content (AvgIpc) is 2.71. The average molecular weight is 411 g/mol. The van der Waals surface area contributed by atoms with Gasteiger partial charge in [-0.2, -0.15) is 0 Å². The maximum atomic E-state index is 12.9. The quantitative estimate of drug-likeness (QED) is 0.621. The van der Waals surface area contributed by atoms with Crippen molar-refractivity contribution in [2.45, 2.75) is 51.8 Å². The summed E-state index contributed by atoms with van der Waals surface area (Å²) in [5.74, 6) is -0.952. The topological polar surface area (TPSA) is 84.5 Å². The largest absolute Gasteiger partial charge is 0.459 e. The number of nitrogens with one attached hydrogen (secondary N) is 2. The molecule has 30 heavy (non-hydrogen) atoms. The van der Waals surface area contributed by atoms with Gasteiger partial charge in [-0.3, -0.25) is 19.7 Å². The van der Waals surface area contributed by atoms with Gasteiger partial charge in [0.15, 0.2) is 5.78 Å². The van der Waals surface area contributed by atoms with Crippen LogP contribution in [0.3, 0.4) is 0 Å². The fourth-order valence-corrected chi connectivity index (χ4v) is 2.78. The number of amides is 1. The molecule has 0 bridgehead atoms. The summed E-state index contributed by atoms with van der Waals surface area (Å²) in [5.41, 5.74) is 0.819. The summed E-state index contributed by atoms with van der Waals surface area (Å²) in [6, 6.07) is 16.9. The zero-order valence-electron chi connectivity index (χ0n) is 18.0. The molecule has 0 aliphatic carbocycles. The zero-order chi connectivity index (χ0) is 22.1. The van der Waals surface area contributed by atoms with E-state index < -0.39 is 23.7 Å². The lowest BCUT2D eigenvalue weighted by Gasteiger charge is -2.23. The molecule has 1 unspecified atom stereocenters. The van der Waals surface area contributed by atoms with Gasteiger partial charge < -0.3 is 10.1 Å². The van der Waals surface area contributed by atoms with Crippen LogP contribution in [-0.2, 0) is 20.7 Å². The second-order valence-corrected chi connectivity index (χ2v) is 8.18. The molecule has 0 radical (unpaired) electrons. The highest BCUT2D eigenvalue weighted by atomic mass is 16.6. The van der Waals surface area contributed by atoms with Gasteiger partial charge in [0.05, 0.1) is 12.6 Å². The lowest BCUT2D eigenvalue weighted by Crippen LogP contribution is -2.48. The van der Waals surface area contributed by atoms with Crippen LogP contribution in [0, 0.1) is 0 Å². The van der Waals surface area contributed by atoms with Crippen LogP contribution < -0.4 is 10.6 Å². The lowest BCUT2D eigenvalue weighted by molar-refractivity contribution is -0.156. The van der Waals surface area contributed by atoms with E-state index in [1.807, 2.05) is 36.4 Å². The van der Waals surface area contributed by atoms with Crippen LogP contribution in [0.4, 0.5) is 0 Å². The van der Waals surface area contributed by atoms with Crippen molar-refractivity contribution in [2.75, 3.05) is 6.54 Å². The van der Waals surface area contributed by atoms with E-state index in [0.29, 0.717) is 12.0 Å². The predicted octanol–water partition coefficient (Wildman–Crippen LogP) is 2.92. The SMILES string of the molecule is C[C@H](NCC(=O)C(Cc1ccccc1)NC(=O)c1ccccc1)C(=O)OC(C)(C)C. The number of carbonyl (C=O) groups is 3. The molecule has 2 N–H and O–H groups in total. The Hall–Kier alpha value is -2.99. The summed E-state index contributed by atoms with van der Waals surface area (Å²) in [4.78, 5) is 37.6. The molecule has 2 aromatic rings. The molecule has 2 rings (SSSR count). The molecule has 0 aliphatic rings. The summed E-state index contributed by atoms with van der Waals surface area (Å²) in [6.45, 7) is 6.95. The number of rotatable bonds is 9. The molecule has 1 amide bonds. The highest BCUT2D eigenvalue weighted by molar-refractivity contribution is 5.98. The third-order valence-corrected chi connectivity index (χ3v) is 4.36. The summed E-state index contributed by atoms with van der Waals surface area (Å²) < 4.78 is 5.33. The molecular weight excluding hydrogens is 380 g/mol. The molecule has 0 fully saturated rings. The minimum atomic E-state index is -0.724. The molecule has 0 spiro atoms. The Morgan fingerprint density at radius 1 is 0.933 bits per heavy atom. The first-order valence-corrected chi connectivity index (χ1v) is 10.0. The van der Waals surface area contributed by atoms with Gasteiger partial charge in [0.1, 0.15) is 11.6 Å². The Morgan fingerprint density at radius 3 is 2.07 bits per heavy atom. The summed E-state index contributed by atoms with van der Waals surface area (Å²) in [5, 5.41) is 5.74. The monoisotopic (exact) mass is 410 g/mol. The van der Waals surface area contributed by atoms with Crippen LogP contribution in [0.2, 0.25) is 0 Å². The van der Waals surface area contributed by atoms with Crippen molar-refractivity contribution in [3.8, 4) is 0 Å². The first-order valence-electron chi connectivity index (χ1n) is 10.0. The van der Waals surface area contributed by atoms with E-state index in [4.69, 9.17) is 4.74 Å². The van der Waals surface area contributed by atoms with Crippen molar-refractivity contribution in [3.05, 3.63) is 71.8 Å². The van der Waals surface area contributed by atoms with Crippen LogP contribution in [-0.4, -0.2) is 41.9 Å². The highest BCUT2D eigenvalue weighted by Crippen LogP contribution is 2.09. The van der Waals surface area contributed by atoms with E-state index in [1.165, 1.54) is 0 Å². The van der Waals surface area contributed by atoms with Crippen molar-refractivity contribution in [1.29, 1.82) is 0 Å². The first kappa shape index (κ1) is 23.3. The Balaban J connectivity index is 2.04. The number of ether oxygens (including phenoxy) is 1. The minimum Gasteiger partial charge on any atom is -0.459 e. The third kappa shape index (κ3) is 7.79. The van der Waals surface area contributed by atoms with Crippen molar-refractivity contribution >= 4 is 17.7 Å². The number of carbonyl (C=O) groups excluding carboxylic acids is 3. The standard InChI is InChI=1S/C24H30N2O4/c1-17(23(29)30-24(2,3)4)25-16-21(27)20(15-18-11-7-5-8-12-18)26-22(28)19-13-9-6-10-14-19/h5-14,17,20,25H,15-16H2,1-4H3,(H,26,28)/t17-,20?/m0/s1. The highest BCUT2D eigenvalue weighted by Gasteiger charge is 2.25. The predicted molar refractivity (Wildman–Crippen MR) is 116 cm³/mol. The molecule has 160 valence electrons. The number of Topliss-reactive ketones (excluding diaryl/α,β-unsaturated/α-hetero) is 1. The second kappa shape index (κ2) is 10.7. The minimum absolute atomic E-state index is 0.0625. The van der Waals surface area contributed by atoms with Crippen molar-refractivity contribution in [1.82, 2.24) is 10.6 Å². The molecule has 2 aromatic carbocycles. The van der Waals surface area contributed by atoms with Gasteiger partial charge in [0.2, 0.25) is 0 Å². The summed E-state index contributed by atoms with van der Waals surface area (Å²) >= 11 is 0. The van der Waals surface area contributed by atoms with Gasteiger partial charge in [0, 0.05) is 5.56 Å². The van der Waals surface area contributed by atoms with Gasteiger partial charge in [-0.1, -0.05) is 48.5 Å². The van der Waals surface area contributed by atoms with Crippen LogP contribution in [0.1, 0.15) is 43.6 Å². The lowest BCUT2D eigenvalue weighted by atomic mass is 10.0. The Bertz CT molecular complexity index is 845. The normalized spacial score (nSPS) is 13.2. The molecule has 2 atom stereocenters. The van der Waals surface area contributed by atoms with E-state index in [0.717, 1.165) is 5.56 Å². The van der Waals surface area contributed by atoms with Gasteiger partial charge >= 0.3 is 5.97 Å². The molecular formula is C24H30N2O4. The van der Waals surface area contributed by atoms with E-state index in [-0.39, 0.29) is 18.2 Å². The van der Waals surface area contributed by atoms with Crippen molar-refractivity contribution < 1.29 is 19.1 Å². The number of ketones is 1. The van der Waals surface area contributed by atoms with E-state index in [9.17, 15) is 14.4 Å². The van der Waals surface area contributed by atoms with Gasteiger partial charge in [-0.25, -0.2) is 0 Å². The fourth-order valence-electron chi connectivity index (χ4n) is 2.78. The van der Waals surface area contributed by atoms with Crippen LogP contribution in [0.15, 0.2) is 60.7 Å². The molecule has 6 heteroatoms. The molecule has 0 saturated carbocycles. The van der Waals surface area contributed by atoms with E-state index in [1.54, 1.807) is 52.0 Å². The fraction of sp³-hybridized carbons (Fsp3) is 0.375. The molecule has 6 nitrogen and oxygen atoms in total. The number of benzene rings is 2.